The van der Waals surface area contributed by atoms with Crippen molar-refractivity contribution in [1.82, 2.24) is 4.98 Å². The number of rotatable bonds is 6. The lowest BCUT2D eigenvalue weighted by Gasteiger charge is -2.09. The van der Waals surface area contributed by atoms with E-state index in [2.05, 4.69) is 10.3 Å². The van der Waals surface area contributed by atoms with E-state index in [1.807, 2.05) is 49.6 Å². The fraction of sp³-hybridized carbons (Fsp3) is 0.136. The smallest absolute Gasteiger partial charge is 0.268 e. The van der Waals surface area contributed by atoms with Gasteiger partial charge in [0.1, 0.15) is 24.0 Å². The predicted octanol–water partition coefficient (Wildman–Crippen LogP) is 5.54. The minimum atomic E-state index is -0.516. The lowest BCUT2D eigenvalue weighted by atomic mass is 10.1. The summed E-state index contributed by atoms with van der Waals surface area (Å²) in [6.07, 6.45) is 1.48. The van der Waals surface area contributed by atoms with E-state index < -0.39 is 5.91 Å². The van der Waals surface area contributed by atoms with Gasteiger partial charge in [-0.1, -0.05) is 47.5 Å². The van der Waals surface area contributed by atoms with E-state index >= 15 is 0 Å². The van der Waals surface area contributed by atoms with Crippen molar-refractivity contribution >= 4 is 40.1 Å². The van der Waals surface area contributed by atoms with Gasteiger partial charge in [-0.2, -0.15) is 5.26 Å². The number of benzene rings is 2. The first-order valence-corrected chi connectivity index (χ1v) is 10.0. The van der Waals surface area contributed by atoms with Gasteiger partial charge in [0, 0.05) is 5.38 Å². The van der Waals surface area contributed by atoms with E-state index in [9.17, 15) is 10.1 Å². The Kier molecular flexibility index (Phi) is 6.65. The molecule has 1 amide bonds. The van der Waals surface area contributed by atoms with Crippen molar-refractivity contribution in [2.45, 2.75) is 20.5 Å². The molecule has 29 heavy (non-hydrogen) atoms. The molecule has 0 fully saturated rings. The highest BCUT2D eigenvalue weighted by Gasteiger charge is 2.12. The quantitative estimate of drug-likeness (QED) is 0.417. The average molecular weight is 424 g/mol. The molecule has 3 aromatic rings. The van der Waals surface area contributed by atoms with E-state index in [0.29, 0.717) is 28.1 Å². The molecule has 0 saturated heterocycles. The maximum absolute atomic E-state index is 12.3. The number of amides is 1. The number of anilines is 1. The lowest BCUT2D eigenvalue weighted by Crippen LogP contribution is -2.13. The lowest BCUT2D eigenvalue weighted by molar-refractivity contribution is -0.112. The maximum atomic E-state index is 12.3. The van der Waals surface area contributed by atoms with Crippen LogP contribution in [-0.2, 0) is 11.4 Å². The Hall–Kier alpha value is -3.14. The summed E-state index contributed by atoms with van der Waals surface area (Å²) in [4.78, 5) is 16.5. The van der Waals surface area contributed by atoms with E-state index in [1.165, 1.54) is 23.0 Å². The molecule has 0 aliphatic rings. The molecule has 1 aromatic heterocycles. The first kappa shape index (κ1) is 20.6. The van der Waals surface area contributed by atoms with E-state index in [1.54, 1.807) is 18.2 Å². The molecule has 0 saturated carbocycles. The molecule has 1 N–H and O–H groups in total. The molecule has 5 nitrogen and oxygen atoms in total. The molecule has 0 radical (unpaired) electrons. The van der Waals surface area contributed by atoms with Crippen LogP contribution in [0.5, 0.6) is 5.75 Å². The molecule has 0 atom stereocenters. The molecule has 3 rings (SSSR count). The summed E-state index contributed by atoms with van der Waals surface area (Å²) in [5.41, 5.74) is 3.62. The van der Waals surface area contributed by atoms with Crippen LogP contribution < -0.4 is 10.1 Å². The van der Waals surface area contributed by atoms with Crippen molar-refractivity contribution in [2.75, 3.05) is 5.32 Å². The number of nitriles is 1. The fourth-order valence-electron chi connectivity index (χ4n) is 2.46. The summed E-state index contributed by atoms with van der Waals surface area (Å²) in [6.45, 7) is 4.26. The van der Waals surface area contributed by atoms with Crippen molar-refractivity contribution in [1.29, 1.82) is 5.26 Å². The van der Waals surface area contributed by atoms with Gasteiger partial charge < -0.3 is 4.74 Å². The van der Waals surface area contributed by atoms with E-state index in [4.69, 9.17) is 16.3 Å². The zero-order valence-electron chi connectivity index (χ0n) is 15.9. The average Bonchev–Trinajstić information content (AvgIpc) is 3.11. The van der Waals surface area contributed by atoms with Gasteiger partial charge in [-0.15, -0.1) is 11.3 Å². The van der Waals surface area contributed by atoms with Crippen LogP contribution >= 0.6 is 22.9 Å². The first-order valence-electron chi connectivity index (χ1n) is 8.78. The molecule has 0 spiro atoms. The number of carbonyl (C=O) groups excluding carboxylic acids is 1. The first-order chi connectivity index (χ1) is 13.9. The second-order valence-corrected chi connectivity index (χ2v) is 7.65. The van der Waals surface area contributed by atoms with Crippen LogP contribution in [0.4, 0.5) is 5.13 Å². The van der Waals surface area contributed by atoms with Crippen LogP contribution in [0, 0.1) is 25.2 Å². The minimum Gasteiger partial charge on any atom is -0.487 e. The van der Waals surface area contributed by atoms with Crippen molar-refractivity contribution in [3.8, 4) is 11.8 Å². The largest absolute Gasteiger partial charge is 0.487 e. The summed E-state index contributed by atoms with van der Waals surface area (Å²) in [6, 6.07) is 15.1. The number of aryl methyl sites for hydroxylation is 2. The second kappa shape index (κ2) is 9.37. The topological polar surface area (TPSA) is 75.0 Å². The van der Waals surface area contributed by atoms with Crippen LogP contribution in [0.1, 0.15) is 22.4 Å². The van der Waals surface area contributed by atoms with Gasteiger partial charge in [0.2, 0.25) is 0 Å². The van der Waals surface area contributed by atoms with Gasteiger partial charge in [0.05, 0.1) is 10.7 Å². The monoisotopic (exact) mass is 423 g/mol. The van der Waals surface area contributed by atoms with Crippen LogP contribution in [0.15, 0.2) is 53.4 Å². The summed E-state index contributed by atoms with van der Waals surface area (Å²) in [5, 5.41) is 14.6. The number of hydrogen-bond donors (Lipinski definition) is 1. The van der Waals surface area contributed by atoms with Crippen molar-refractivity contribution in [2.24, 2.45) is 0 Å². The molecule has 0 aliphatic carbocycles. The molecule has 7 heteroatoms. The highest BCUT2D eigenvalue weighted by atomic mass is 35.5. The Balaban J connectivity index is 1.69. The number of ether oxygens (including phenoxy) is 1. The Morgan fingerprint density at radius 1 is 1.28 bits per heavy atom. The summed E-state index contributed by atoms with van der Waals surface area (Å²) in [7, 11) is 0. The van der Waals surface area contributed by atoms with Crippen molar-refractivity contribution in [3.05, 3.63) is 80.8 Å². The highest BCUT2D eigenvalue weighted by Crippen LogP contribution is 2.27. The summed E-state index contributed by atoms with van der Waals surface area (Å²) >= 11 is 7.62. The number of nitrogens with one attached hydrogen (secondary N) is 1. The molecule has 1 heterocycles. The number of halogens is 1. The van der Waals surface area contributed by atoms with Gasteiger partial charge in [-0.25, -0.2) is 4.98 Å². The zero-order chi connectivity index (χ0) is 20.8. The van der Waals surface area contributed by atoms with Gasteiger partial charge in [0.15, 0.2) is 5.13 Å². The van der Waals surface area contributed by atoms with Crippen LogP contribution in [0.2, 0.25) is 5.02 Å². The second-order valence-electron chi connectivity index (χ2n) is 6.38. The molecular weight excluding hydrogens is 406 g/mol. The predicted molar refractivity (Wildman–Crippen MR) is 116 cm³/mol. The number of thiazole rings is 1. The van der Waals surface area contributed by atoms with E-state index in [-0.39, 0.29) is 5.57 Å². The number of carbonyl (C=O) groups is 1. The Morgan fingerprint density at radius 2 is 2.03 bits per heavy atom. The minimum absolute atomic E-state index is 0.0396. The normalized spacial score (nSPS) is 11.0. The van der Waals surface area contributed by atoms with Gasteiger partial charge in [0.25, 0.3) is 5.91 Å². The molecule has 146 valence electrons. The molecule has 0 bridgehead atoms. The van der Waals surface area contributed by atoms with Crippen LogP contribution in [0.3, 0.4) is 0 Å². The Morgan fingerprint density at radius 3 is 2.66 bits per heavy atom. The number of hydrogen-bond acceptors (Lipinski definition) is 5. The highest BCUT2D eigenvalue weighted by molar-refractivity contribution is 7.13. The third-order valence-corrected chi connectivity index (χ3v) is 5.16. The van der Waals surface area contributed by atoms with Crippen molar-refractivity contribution < 1.29 is 9.53 Å². The fourth-order valence-corrected chi connectivity index (χ4v) is 3.39. The SMILES string of the molecule is Cc1ccc(COc2ccc(/C=C(/C#N)C(=O)Nc3nc(C)cs3)cc2Cl)cc1. The third-order valence-electron chi connectivity index (χ3n) is 3.99. The van der Waals surface area contributed by atoms with E-state index in [0.717, 1.165) is 11.3 Å². The zero-order valence-corrected chi connectivity index (χ0v) is 17.5. The summed E-state index contributed by atoms with van der Waals surface area (Å²) < 4.78 is 5.77. The molecular formula is C22H18ClN3O2S. The maximum Gasteiger partial charge on any atom is 0.268 e. The van der Waals surface area contributed by atoms with Gasteiger partial charge >= 0.3 is 0 Å². The molecule has 0 aliphatic heterocycles. The standard InChI is InChI=1S/C22H18ClN3O2S/c1-14-3-5-16(6-4-14)12-28-20-8-7-17(10-19(20)23)9-18(11-24)21(27)26-22-25-15(2)13-29-22/h3-10,13H,12H2,1-2H3,(H,25,26,27)/b18-9-. The van der Waals surface area contributed by atoms with Gasteiger partial charge in [-0.05, 0) is 43.2 Å². The van der Waals surface area contributed by atoms with Crippen LogP contribution in [-0.4, -0.2) is 10.9 Å². The number of nitrogens with zero attached hydrogens (tertiary/aromatic N) is 2. The summed E-state index contributed by atoms with van der Waals surface area (Å²) in [5.74, 6) is 0.0169. The molecule has 2 aromatic carbocycles. The molecule has 0 unspecified atom stereocenters. The Labute approximate surface area is 178 Å². The Bertz CT molecular complexity index is 1100. The van der Waals surface area contributed by atoms with Crippen molar-refractivity contribution in [3.63, 3.8) is 0 Å². The third kappa shape index (κ3) is 5.67. The number of aromatic nitrogens is 1. The van der Waals surface area contributed by atoms with Gasteiger partial charge in [-0.3, -0.25) is 10.1 Å². The van der Waals surface area contributed by atoms with Crippen LogP contribution in [0.25, 0.3) is 6.08 Å².